The normalized spacial score (nSPS) is 16.2. The smallest absolute Gasteiger partial charge is 0.387 e. The van der Waals surface area contributed by atoms with Crippen molar-refractivity contribution in [3.05, 3.63) is 59.2 Å². The second kappa shape index (κ2) is 6.88. The molecule has 130 valence electrons. The SMILES string of the molecule is COC(=O)c1ccc([C@H]2CC(=O)c3ccc(OC(F)F)cc3O2)cc1. The van der Waals surface area contributed by atoms with Crippen molar-refractivity contribution < 1.29 is 32.6 Å². The number of alkyl halides is 2. The number of hydrogen-bond acceptors (Lipinski definition) is 5. The molecule has 7 heteroatoms. The first-order valence-electron chi connectivity index (χ1n) is 7.45. The number of fused-ring (bicyclic) bond motifs is 1. The molecule has 1 atom stereocenters. The van der Waals surface area contributed by atoms with Crippen LogP contribution in [0.4, 0.5) is 8.78 Å². The third-order valence-electron chi connectivity index (χ3n) is 3.82. The van der Waals surface area contributed by atoms with Gasteiger partial charge in [-0.25, -0.2) is 4.79 Å². The lowest BCUT2D eigenvalue weighted by Crippen LogP contribution is -2.20. The summed E-state index contributed by atoms with van der Waals surface area (Å²) >= 11 is 0. The molecule has 0 aliphatic carbocycles. The van der Waals surface area contributed by atoms with Gasteiger partial charge in [0.15, 0.2) is 5.78 Å². The molecule has 1 heterocycles. The first-order valence-corrected chi connectivity index (χ1v) is 7.45. The Kier molecular flexibility index (Phi) is 4.65. The fraction of sp³-hybridized carbons (Fsp3) is 0.222. The summed E-state index contributed by atoms with van der Waals surface area (Å²) in [5.41, 5.74) is 1.39. The van der Waals surface area contributed by atoms with Crippen LogP contribution in [0.5, 0.6) is 11.5 Å². The highest BCUT2D eigenvalue weighted by Crippen LogP contribution is 2.37. The number of hydrogen-bond donors (Lipinski definition) is 0. The Hall–Kier alpha value is -2.96. The minimum atomic E-state index is -2.96. The molecule has 0 aromatic heterocycles. The molecule has 3 rings (SSSR count). The number of rotatable bonds is 4. The van der Waals surface area contributed by atoms with E-state index in [1.807, 2.05) is 0 Å². The number of ether oxygens (including phenoxy) is 3. The van der Waals surface area contributed by atoms with E-state index in [9.17, 15) is 18.4 Å². The summed E-state index contributed by atoms with van der Waals surface area (Å²) in [6.07, 6.45) is -0.465. The summed E-state index contributed by atoms with van der Waals surface area (Å²) in [7, 11) is 1.29. The first kappa shape index (κ1) is 16.9. The zero-order valence-electron chi connectivity index (χ0n) is 13.2. The van der Waals surface area contributed by atoms with Crippen LogP contribution in [-0.2, 0) is 4.74 Å². The molecule has 0 amide bonds. The molecule has 2 aromatic rings. The Morgan fingerprint density at radius 1 is 1.20 bits per heavy atom. The summed E-state index contributed by atoms with van der Waals surface area (Å²) in [5.74, 6) is -0.516. The van der Waals surface area contributed by atoms with Gasteiger partial charge in [0.05, 0.1) is 24.7 Å². The topological polar surface area (TPSA) is 61.8 Å². The average molecular weight is 348 g/mol. The second-order valence-electron chi connectivity index (χ2n) is 5.38. The average Bonchev–Trinajstić information content (AvgIpc) is 2.60. The minimum absolute atomic E-state index is 0.0803. The molecule has 0 N–H and O–H groups in total. The molecule has 0 saturated heterocycles. The molecule has 0 unspecified atom stereocenters. The van der Waals surface area contributed by atoms with Crippen LogP contribution in [-0.4, -0.2) is 25.5 Å². The van der Waals surface area contributed by atoms with Crippen molar-refractivity contribution in [1.29, 1.82) is 0 Å². The molecule has 0 saturated carbocycles. The zero-order chi connectivity index (χ0) is 18.0. The Morgan fingerprint density at radius 3 is 2.56 bits per heavy atom. The summed E-state index contributed by atoms with van der Waals surface area (Å²) in [5, 5.41) is 0. The molecule has 0 radical (unpaired) electrons. The Labute approximate surface area is 142 Å². The van der Waals surface area contributed by atoms with Gasteiger partial charge in [-0.1, -0.05) is 12.1 Å². The maximum atomic E-state index is 12.3. The third kappa shape index (κ3) is 3.60. The highest BCUT2D eigenvalue weighted by atomic mass is 19.3. The van der Waals surface area contributed by atoms with Gasteiger partial charge in [0.1, 0.15) is 17.6 Å². The van der Waals surface area contributed by atoms with E-state index in [0.29, 0.717) is 16.7 Å². The van der Waals surface area contributed by atoms with Gasteiger partial charge in [-0.3, -0.25) is 4.79 Å². The minimum Gasteiger partial charge on any atom is -0.484 e. The molecule has 0 fully saturated rings. The summed E-state index contributed by atoms with van der Waals surface area (Å²) in [4.78, 5) is 23.7. The standard InChI is InChI=1S/C18H14F2O5/c1-23-17(22)11-4-2-10(3-5-11)15-9-14(21)13-7-6-12(24-18(19)20)8-16(13)25-15/h2-8,15,18H,9H2,1H3/t15-/m1/s1. The van der Waals surface area contributed by atoms with Crippen molar-refractivity contribution >= 4 is 11.8 Å². The number of halogens is 2. The Morgan fingerprint density at radius 2 is 1.92 bits per heavy atom. The Balaban J connectivity index is 1.84. The number of Topliss-reactive ketones (excluding diaryl/α,β-unsaturated/α-hetero) is 1. The lowest BCUT2D eigenvalue weighted by molar-refractivity contribution is -0.0500. The first-order chi connectivity index (χ1) is 12.0. The van der Waals surface area contributed by atoms with Gasteiger partial charge in [-0.15, -0.1) is 0 Å². The van der Waals surface area contributed by atoms with Gasteiger partial charge in [0.2, 0.25) is 0 Å². The molecular formula is C18H14F2O5. The van der Waals surface area contributed by atoms with E-state index in [1.165, 1.54) is 25.3 Å². The van der Waals surface area contributed by atoms with Gasteiger partial charge < -0.3 is 14.2 Å². The van der Waals surface area contributed by atoms with E-state index >= 15 is 0 Å². The van der Waals surface area contributed by atoms with Crippen molar-refractivity contribution in [3.8, 4) is 11.5 Å². The predicted molar refractivity (Wildman–Crippen MR) is 83.2 cm³/mol. The van der Waals surface area contributed by atoms with E-state index in [4.69, 9.17) is 4.74 Å². The summed E-state index contributed by atoms with van der Waals surface area (Å²) in [6.45, 7) is -2.96. The van der Waals surface area contributed by atoms with E-state index in [-0.39, 0.29) is 23.7 Å². The van der Waals surface area contributed by atoms with Crippen molar-refractivity contribution in [1.82, 2.24) is 0 Å². The van der Waals surface area contributed by atoms with Crippen LogP contribution >= 0.6 is 0 Å². The zero-order valence-corrected chi connectivity index (χ0v) is 13.2. The van der Waals surface area contributed by atoms with Crippen LogP contribution in [0.25, 0.3) is 0 Å². The quantitative estimate of drug-likeness (QED) is 0.787. The number of esters is 1. The van der Waals surface area contributed by atoms with Crippen LogP contribution in [0.1, 0.15) is 38.8 Å². The van der Waals surface area contributed by atoms with Gasteiger partial charge in [0.25, 0.3) is 0 Å². The molecule has 0 spiro atoms. The van der Waals surface area contributed by atoms with Gasteiger partial charge >= 0.3 is 12.6 Å². The van der Waals surface area contributed by atoms with Crippen molar-refractivity contribution in [2.45, 2.75) is 19.1 Å². The van der Waals surface area contributed by atoms with Crippen LogP contribution in [0.3, 0.4) is 0 Å². The van der Waals surface area contributed by atoms with Crippen LogP contribution in [0, 0.1) is 0 Å². The number of methoxy groups -OCH3 is 1. The largest absolute Gasteiger partial charge is 0.484 e. The molecule has 2 aromatic carbocycles. The molecule has 5 nitrogen and oxygen atoms in total. The van der Waals surface area contributed by atoms with E-state index in [1.54, 1.807) is 24.3 Å². The van der Waals surface area contributed by atoms with E-state index in [0.717, 1.165) is 0 Å². The molecular weight excluding hydrogens is 334 g/mol. The highest BCUT2D eigenvalue weighted by Gasteiger charge is 2.28. The number of ketones is 1. The predicted octanol–water partition coefficient (Wildman–Crippen LogP) is 3.78. The van der Waals surface area contributed by atoms with Gasteiger partial charge in [-0.2, -0.15) is 8.78 Å². The third-order valence-corrected chi connectivity index (χ3v) is 3.82. The molecule has 1 aliphatic heterocycles. The molecule has 1 aliphatic rings. The van der Waals surface area contributed by atoms with E-state index < -0.39 is 18.7 Å². The lowest BCUT2D eigenvalue weighted by atomic mass is 9.95. The fourth-order valence-electron chi connectivity index (χ4n) is 2.62. The lowest BCUT2D eigenvalue weighted by Gasteiger charge is -2.26. The number of benzene rings is 2. The van der Waals surface area contributed by atoms with Crippen molar-refractivity contribution in [2.75, 3.05) is 7.11 Å². The van der Waals surface area contributed by atoms with Crippen molar-refractivity contribution in [3.63, 3.8) is 0 Å². The molecule has 0 bridgehead atoms. The summed E-state index contributed by atoms with van der Waals surface area (Å²) < 4.78 is 39.4. The summed E-state index contributed by atoms with van der Waals surface area (Å²) in [6, 6.07) is 10.4. The van der Waals surface area contributed by atoms with Gasteiger partial charge in [-0.05, 0) is 29.8 Å². The van der Waals surface area contributed by atoms with E-state index in [2.05, 4.69) is 9.47 Å². The maximum Gasteiger partial charge on any atom is 0.387 e. The van der Waals surface area contributed by atoms with Crippen molar-refractivity contribution in [2.24, 2.45) is 0 Å². The monoisotopic (exact) mass is 348 g/mol. The van der Waals surface area contributed by atoms with Crippen LogP contribution < -0.4 is 9.47 Å². The number of carbonyl (C=O) groups is 2. The second-order valence-corrected chi connectivity index (χ2v) is 5.38. The fourth-order valence-corrected chi connectivity index (χ4v) is 2.62. The Bertz CT molecular complexity index is 802. The molecule has 25 heavy (non-hydrogen) atoms. The van der Waals surface area contributed by atoms with Gasteiger partial charge in [0, 0.05) is 6.07 Å². The number of carbonyl (C=O) groups excluding carboxylic acids is 2. The maximum absolute atomic E-state index is 12.3. The van der Waals surface area contributed by atoms with Crippen LogP contribution in [0.2, 0.25) is 0 Å². The van der Waals surface area contributed by atoms with Crippen LogP contribution in [0.15, 0.2) is 42.5 Å². The highest BCUT2D eigenvalue weighted by molar-refractivity contribution is 6.00.